The molecule has 15 heavy (non-hydrogen) atoms. The molecule has 0 radical (unpaired) electrons. The zero-order valence-electron chi connectivity index (χ0n) is 10.5. The normalized spacial score (nSPS) is 13.2. The van der Waals surface area contributed by atoms with E-state index in [1.54, 1.807) is 0 Å². The molecule has 0 heterocycles. The number of halogens is 1. The van der Waals surface area contributed by atoms with Gasteiger partial charge in [0.25, 0.3) is 0 Å². The second-order valence-corrected chi connectivity index (χ2v) is 13.2. The molecule has 0 aromatic carbocycles. The first kappa shape index (κ1) is 16.2. The molecule has 0 fully saturated rings. The first-order valence-electron chi connectivity index (χ1n) is 5.40. The van der Waals surface area contributed by atoms with E-state index in [1.807, 2.05) is 41.5 Å². The van der Waals surface area contributed by atoms with E-state index in [2.05, 4.69) is 22.6 Å². The van der Waals surface area contributed by atoms with Gasteiger partial charge in [-0.3, -0.25) is 0 Å². The fourth-order valence-corrected chi connectivity index (χ4v) is 9.32. The van der Waals surface area contributed by atoms with E-state index >= 15 is 0 Å². The van der Waals surface area contributed by atoms with Crippen LogP contribution in [0.25, 0.3) is 0 Å². The monoisotopic (exact) mass is 392 g/mol. The number of hydrogen-bond donors (Lipinski definition) is 0. The molecule has 0 saturated carbocycles. The van der Waals surface area contributed by atoms with Gasteiger partial charge < -0.3 is 0 Å². The van der Waals surface area contributed by atoms with Gasteiger partial charge in [0, 0.05) is 0 Å². The summed E-state index contributed by atoms with van der Waals surface area (Å²) in [5.74, 6) is 0. The molecule has 0 aliphatic carbocycles. The van der Waals surface area contributed by atoms with E-state index in [1.165, 1.54) is 0 Å². The molecule has 3 nitrogen and oxygen atoms in total. The Kier molecular flexibility index (Phi) is 8.05. The van der Waals surface area contributed by atoms with Crippen LogP contribution in [0.5, 0.6) is 0 Å². The summed E-state index contributed by atoms with van der Waals surface area (Å²) in [5, 5.41) is 0. The fraction of sp³-hybridized carbons (Fsp3) is 1.00. The zero-order chi connectivity index (χ0) is 12.1. The molecule has 0 saturated heterocycles. The molecule has 5 heteroatoms. The van der Waals surface area contributed by atoms with Crippen LogP contribution in [0.4, 0.5) is 0 Å². The summed E-state index contributed by atoms with van der Waals surface area (Å²) in [6, 6.07) is 0. The van der Waals surface area contributed by atoms with E-state index in [-0.39, 0.29) is 18.3 Å². The Bertz CT molecular complexity index is 148. The average molecular weight is 391 g/mol. The molecular formula is C10H23GeIO3. The van der Waals surface area contributed by atoms with E-state index in [4.69, 9.17) is 11.3 Å². The van der Waals surface area contributed by atoms with Crippen molar-refractivity contribution in [2.75, 3.05) is 3.26 Å². The summed E-state index contributed by atoms with van der Waals surface area (Å²) in [7, 11) is 0. The van der Waals surface area contributed by atoms with Crippen molar-refractivity contribution in [1.82, 2.24) is 0 Å². The standard InChI is InChI=1S/C10H23GeIO3/c1-8(2)13-11(7-12,14-9(3)4)15-10(5)6/h8-10H,7H2,1-6H3. The molecule has 0 aliphatic rings. The Hall–Kier alpha value is 1.15. The summed E-state index contributed by atoms with van der Waals surface area (Å²) >= 11 is -0.710. The molecule has 0 amide bonds. The van der Waals surface area contributed by atoms with Crippen molar-refractivity contribution in [2.45, 2.75) is 59.9 Å². The van der Waals surface area contributed by atoms with Gasteiger partial charge in [0.1, 0.15) is 0 Å². The Morgan fingerprint density at radius 1 is 0.800 bits per heavy atom. The Balaban J connectivity index is 4.59. The van der Waals surface area contributed by atoms with Crippen LogP contribution in [0, 0.1) is 0 Å². The van der Waals surface area contributed by atoms with Gasteiger partial charge in [-0.05, 0) is 0 Å². The molecule has 0 aromatic rings. The van der Waals surface area contributed by atoms with Gasteiger partial charge >= 0.3 is 111 Å². The van der Waals surface area contributed by atoms with Gasteiger partial charge in [0.15, 0.2) is 0 Å². The molecule has 0 aromatic heterocycles. The SMILES string of the molecule is CC(C)[O][Ge]([CH2]I)([O]C(C)C)[O]C(C)C. The number of alkyl halides is 1. The van der Waals surface area contributed by atoms with Crippen LogP contribution in [0.2, 0.25) is 0 Å². The summed E-state index contributed by atoms with van der Waals surface area (Å²) in [6.45, 7) is 12.2. The molecule has 0 unspecified atom stereocenters. The van der Waals surface area contributed by atoms with Crippen LogP contribution in [0.1, 0.15) is 41.5 Å². The summed E-state index contributed by atoms with van der Waals surface area (Å²) in [5.41, 5.74) is 0. The summed E-state index contributed by atoms with van der Waals surface area (Å²) in [4.78, 5) is 0. The van der Waals surface area contributed by atoms with E-state index in [0.717, 1.165) is 3.26 Å². The molecule has 92 valence electrons. The maximum absolute atomic E-state index is 5.94. The summed E-state index contributed by atoms with van der Waals surface area (Å²) < 4.78 is 18.7. The van der Waals surface area contributed by atoms with Crippen molar-refractivity contribution >= 4 is 36.9 Å². The van der Waals surface area contributed by atoms with Crippen LogP contribution in [-0.2, 0) is 11.3 Å². The van der Waals surface area contributed by atoms with E-state index in [0.29, 0.717) is 0 Å². The second-order valence-electron chi connectivity index (χ2n) is 4.32. The quantitative estimate of drug-likeness (QED) is 0.379. The van der Waals surface area contributed by atoms with Crippen molar-refractivity contribution < 1.29 is 11.3 Å². The third kappa shape index (κ3) is 7.15. The molecular weight excluding hydrogens is 368 g/mol. The van der Waals surface area contributed by atoms with Crippen molar-refractivity contribution in [1.29, 1.82) is 0 Å². The fourth-order valence-electron chi connectivity index (χ4n) is 1.26. The van der Waals surface area contributed by atoms with Gasteiger partial charge in [-0.1, -0.05) is 0 Å². The minimum absolute atomic E-state index is 0.164. The van der Waals surface area contributed by atoms with Gasteiger partial charge in [-0.15, -0.1) is 0 Å². The molecule has 0 N–H and O–H groups in total. The Morgan fingerprint density at radius 3 is 1.20 bits per heavy atom. The summed E-state index contributed by atoms with van der Waals surface area (Å²) in [6.07, 6.45) is 0.492. The zero-order valence-corrected chi connectivity index (χ0v) is 14.8. The Morgan fingerprint density at radius 2 is 1.07 bits per heavy atom. The number of hydrogen-bond acceptors (Lipinski definition) is 3. The third-order valence-corrected chi connectivity index (χ3v) is 12.2. The van der Waals surface area contributed by atoms with Crippen LogP contribution in [0.3, 0.4) is 0 Å². The van der Waals surface area contributed by atoms with Crippen molar-refractivity contribution in [3.63, 3.8) is 0 Å². The Labute approximate surface area is 111 Å². The van der Waals surface area contributed by atoms with Crippen LogP contribution in [-0.4, -0.2) is 35.8 Å². The van der Waals surface area contributed by atoms with Crippen molar-refractivity contribution in [3.8, 4) is 0 Å². The average Bonchev–Trinajstić information content (AvgIpc) is 1.99. The van der Waals surface area contributed by atoms with E-state index < -0.39 is 14.3 Å². The van der Waals surface area contributed by atoms with Crippen LogP contribution >= 0.6 is 22.6 Å². The van der Waals surface area contributed by atoms with Gasteiger partial charge in [-0.25, -0.2) is 0 Å². The first-order chi connectivity index (χ1) is 6.81. The van der Waals surface area contributed by atoms with Crippen LogP contribution < -0.4 is 0 Å². The number of rotatable bonds is 7. The van der Waals surface area contributed by atoms with Crippen molar-refractivity contribution in [3.05, 3.63) is 0 Å². The van der Waals surface area contributed by atoms with Crippen LogP contribution in [0.15, 0.2) is 0 Å². The first-order valence-corrected chi connectivity index (χ1v) is 11.0. The second kappa shape index (κ2) is 7.47. The topological polar surface area (TPSA) is 27.7 Å². The minimum atomic E-state index is -3.02. The van der Waals surface area contributed by atoms with E-state index in [9.17, 15) is 0 Å². The van der Waals surface area contributed by atoms with Crippen molar-refractivity contribution in [2.24, 2.45) is 0 Å². The predicted octanol–water partition coefficient (Wildman–Crippen LogP) is 3.17. The maximum atomic E-state index is 5.94. The predicted molar refractivity (Wildman–Crippen MR) is 73.3 cm³/mol. The molecule has 0 spiro atoms. The third-order valence-electron chi connectivity index (χ3n) is 1.41. The molecule has 0 rings (SSSR count). The molecule has 0 bridgehead atoms. The van der Waals surface area contributed by atoms with Gasteiger partial charge in [0.05, 0.1) is 0 Å². The van der Waals surface area contributed by atoms with Gasteiger partial charge in [-0.2, -0.15) is 0 Å². The van der Waals surface area contributed by atoms with Gasteiger partial charge in [0.2, 0.25) is 0 Å². The molecule has 0 atom stereocenters. The molecule has 0 aliphatic heterocycles.